The molecule has 7 nitrogen and oxygen atoms in total. The third-order valence-corrected chi connectivity index (χ3v) is 3.43. The third kappa shape index (κ3) is 2.65. The molecular formula is C15H16N6O. The molecule has 3 rings (SSSR count). The number of amides is 1. The zero-order valence-corrected chi connectivity index (χ0v) is 12.6. The predicted octanol–water partition coefficient (Wildman–Crippen LogP) is 1.86. The fraction of sp³-hybridized carbons (Fsp3) is 0.267. The summed E-state index contributed by atoms with van der Waals surface area (Å²) in [5.74, 6) is 0.262. The Labute approximate surface area is 127 Å². The number of carbonyl (C=O) groups is 1. The van der Waals surface area contributed by atoms with Gasteiger partial charge in [-0.15, -0.1) is 10.2 Å². The van der Waals surface area contributed by atoms with E-state index in [1.807, 2.05) is 39.0 Å². The maximum absolute atomic E-state index is 12.6. The summed E-state index contributed by atoms with van der Waals surface area (Å²) >= 11 is 0. The lowest BCUT2D eigenvalue weighted by Gasteiger charge is -2.12. The van der Waals surface area contributed by atoms with Gasteiger partial charge in [0.05, 0.1) is 17.1 Å². The Morgan fingerprint density at radius 2 is 2.09 bits per heavy atom. The van der Waals surface area contributed by atoms with Crippen LogP contribution >= 0.6 is 0 Å². The van der Waals surface area contributed by atoms with Crippen molar-refractivity contribution in [1.82, 2.24) is 30.9 Å². The Kier molecular flexibility index (Phi) is 3.54. The number of benzene rings is 1. The van der Waals surface area contributed by atoms with Crippen molar-refractivity contribution in [3.8, 4) is 0 Å². The van der Waals surface area contributed by atoms with Crippen molar-refractivity contribution in [3.05, 3.63) is 46.9 Å². The van der Waals surface area contributed by atoms with Crippen LogP contribution in [0.5, 0.6) is 0 Å². The van der Waals surface area contributed by atoms with Crippen molar-refractivity contribution in [2.75, 3.05) is 0 Å². The van der Waals surface area contributed by atoms with Crippen LogP contribution in [-0.2, 0) is 0 Å². The molecule has 3 aromatic rings. The highest BCUT2D eigenvalue weighted by Crippen LogP contribution is 2.20. The molecular weight excluding hydrogens is 280 g/mol. The first-order valence-corrected chi connectivity index (χ1v) is 6.97. The number of fused-ring (bicyclic) bond motifs is 1. The lowest BCUT2D eigenvalue weighted by atomic mass is 10.0. The van der Waals surface area contributed by atoms with Crippen molar-refractivity contribution in [2.45, 2.75) is 26.8 Å². The van der Waals surface area contributed by atoms with Gasteiger partial charge in [-0.3, -0.25) is 9.78 Å². The minimum atomic E-state index is -0.334. The van der Waals surface area contributed by atoms with Crippen LogP contribution in [0.4, 0.5) is 0 Å². The molecule has 7 heteroatoms. The van der Waals surface area contributed by atoms with E-state index in [1.165, 1.54) is 0 Å². The van der Waals surface area contributed by atoms with Gasteiger partial charge in [0.2, 0.25) is 0 Å². The molecule has 0 saturated carbocycles. The molecule has 0 bridgehead atoms. The molecule has 1 aromatic carbocycles. The maximum Gasteiger partial charge on any atom is 0.252 e. The van der Waals surface area contributed by atoms with Gasteiger partial charge < -0.3 is 5.32 Å². The Morgan fingerprint density at radius 1 is 1.27 bits per heavy atom. The Hall–Kier alpha value is -2.83. The average molecular weight is 296 g/mol. The lowest BCUT2D eigenvalue weighted by molar-refractivity contribution is 0.0940. The van der Waals surface area contributed by atoms with E-state index in [2.05, 4.69) is 30.9 Å². The number of hydrogen-bond donors (Lipinski definition) is 2. The summed E-state index contributed by atoms with van der Waals surface area (Å²) in [5, 5.41) is 17.4. The number of nitrogens with one attached hydrogen (secondary N) is 2. The summed E-state index contributed by atoms with van der Waals surface area (Å²) in [5.41, 5.74) is 3.29. The van der Waals surface area contributed by atoms with Crippen molar-refractivity contribution in [1.29, 1.82) is 0 Å². The number of pyridine rings is 1. The largest absolute Gasteiger partial charge is 0.342 e. The van der Waals surface area contributed by atoms with Gasteiger partial charge in [0.15, 0.2) is 5.82 Å². The van der Waals surface area contributed by atoms with Crippen LogP contribution in [0.2, 0.25) is 0 Å². The van der Waals surface area contributed by atoms with E-state index in [0.29, 0.717) is 11.4 Å². The molecule has 2 heterocycles. The quantitative estimate of drug-likeness (QED) is 0.769. The van der Waals surface area contributed by atoms with E-state index in [0.717, 1.165) is 22.2 Å². The second-order valence-corrected chi connectivity index (χ2v) is 5.30. The number of tetrazole rings is 1. The van der Waals surface area contributed by atoms with E-state index in [9.17, 15) is 4.79 Å². The molecule has 0 saturated heterocycles. The zero-order chi connectivity index (χ0) is 15.7. The molecule has 0 aliphatic carbocycles. The first-order chi connectivity index (χ1) is 10.5. The van der Waals surface area contributed by atoms with Crippen molar-refractivity contribution < 1.29 is 4.79 Å². The van der Waals surface area contributed by atoms with Crippen molar-refractivity contribution >= 4 is 16.8 Å². The van der Waals surface area contributed by atoms with E-state index in [4.69, 9.17) is 0 Å². The predicted molar refractivity (Wildman–Crippen MR) is 81.3 cm³/mol. The lowest BCUT2D eigenvalue weighted by Crippen LogP contribution is -2.27. The topological polar surface area (TPSA) is 96.5 Å². The molecule has 22 heavy (non-hydrogen) atoms. The number of aromatic amines is 1. The molecule has 0 radical (unpaired) electrons. The number of nitrogens with zero attached hydrogens (tertiary/aromatic N) is 4. The van der Waals surface area contributed by atoms with Crippen LogP contribution in [0.3, 0.4) is 0 Å². The molecule has 1 amide bonds. The van der Waals surface area contributed by atoms with E-state index >= 15 is 0 Å². The number of aromatic nitrogens is 5. The Morgan fingerprint density at radius 3 is 2.82 bits per heavy atom. The molecule has 2 N–H and O–H groups in total. The monoisotopic (exact) mass is 296 g/mol. The molecule has 0 aliphatic heterocycles. The van der Waals surface area contributed by atoms with Crippen LogP contribution in [0.1, 0.15) is 40.4 Å². The average Bonchev–Trinajstić information content (AvgIpc) is 3.01. The van der Waals surface area contributed by atoms with Gasteiger partial charge in [-0.2, -0.15) is 5.21 Å². The molecule has 1 unspecified atom stereocenters. The fourth-order valence-electron chi connectivity index (χ4n) is 2.35. The number of H-pyrrole nitrogens is 1. The van der Waals surface area contributed by atoms with E-state index in [-0.39, 0.29) is 11.9 Å². The number of carbonyl (C=O) groups excluding carboxylic acids is 1. The molecule has 0 aliphatic rings. The first-order valence-electron chi connectivity index (χ1n) is 6.97. The minimum absolute atomic E-state index is 0.182. The van der Waals surface area contributed by atoms with Crippen LogP contribution in [0, 0.1) is 13.8 Å². The SMILES string of the molecule is Cc1ccc2nc(C)cc(C(=O)NC(C)c3nn[nH]n3)c2c1. The highest BCUT2D eigenvalue weighted by molar-refractivity contribution is 6.06. The van der Waals surface area contributed by atoms with Gasteiger partial charge in [-0.1, -0.05) is 16.8 Å². The molecule has 112 valence electrons. The van der Waals surface area contributed by atoms with Gasteiger partial charge in [-0.05, 0) is 39.0 Å². The summed E-state index contributed by atoms with van der Waals surface area (Å²) in [6, 6.07) is 7.34. The standard InChI is InChI=1S/C15H16N6O/c1-8-4-5-13-11(6-8)12(7-9(2)16-13)15(22)17-10(3)14-18-20-21-19-14/h4-7,10H,1-3H3,(H,17,22)(H,18,19,20,21). The smallest absolute Gasteiger partial charge is 0.252 e. The molecule has 2 aromatic heterocycles. The normalized spacial score (nSPS) is 12.3. The summed E-state index contributed by atoms with van der Waals surface area (Å²) in [7, 11) is 0. The van der Waals surface area contributed by atoms with Crippen LogP contribution < -0.4 is 5.32 Å². The summed E-state index contributed by atoms with van der Waals surface area (Å²) in [6.07, 6.45) is 0. The highest BCUT2D eigenvalue weighted by Gasteiger charge is 2.17. The molecule has 0 fully saturated rings. The van der Waals surface area contributed by atoms with Crippen molar-refractivity contribution in [3.63, 3.8) is 0 Å². The van der Waals surface area contributed by atoms with Crippen molar-refractivity contribution in [2.24, 2.45) is 0 Å². The summed E-state index contributed by atoms with van der Waals surface area (Å²) < 4.78 is 0. The van der Waals surface area contributed by atoms with Gasteiger partial charge >= 0.3 is 0 Å². The van der Waals surface area contributed by atoms with Crippen LogP contribution in [-0.4, -0.2) is 31.5 Å². The van der Waals surface area contributed by atoms with Crippen LogP contribution in [0.25, 0.3) is 10.9 Å². The Balaban J connectivity index is 1.98. The number of rotatable bonds is 3. The number of aryl methyl sites for hydroxylation is 2. The minimum Gasteiger partial charge on any atom is -0.342 e. The van der Waals surface area contributed by atoms with E-state index < -0.39 is 0 Å². The highest BCUT2D eigenvalue weighted by atomic mass is 16.1. The van der Waals surface area contributed by atoms with Crippen LogP contribution in [0.15, 0.2) is 24.3 Å². The zero-order valence-electron chi connectivity index (χ0n) is 12.6. The maximum atomic E-state index is 12.6. The summed E-state index contributed by atoms with van der Waals surface area (Å²) in [4.78, 5) is 17.1. The van der Waals surface area contributed by atoms with E-state index in [1.54, 1.807) is 6.07 Å². The van der Waals surface area contributed by atoms with Gasteiger partial charge in [0, 0.05) is 11.1 Å². The third-order valence-electron chi connectivity index (χ3n) is 3.43. The number of hydrogen-bond acceptors (Lipinski definition) is 5. The summed E-state index contributed by atoms with van der Waals surface area (Å²) in [6.45, 7) is 5.67. The first kappa shape index (κ1) is 14.1. The fourth-order valence-corrected chi connectivity index (χ4v) is 2.35. The second kappa shape index (κ2) is 5.51. The van der Waals surface area contributed by atoms with Gasteiger partial charge in [0.1, 0.15) is 0 Å². The Bertz CT molecular complexity index is 827. The second-order valence-electron chi connectivity index (χ2n) is 5.30. The van der Waals surface area contributed by atoms with Gasteiger partial charge in [0.25, 0.3) is 5.91 Å². The molecule has 0 spiro atoms. The van der Waals surface area contributed by atoms with Gasteiger partial charge in [-0.25, -0.2) is 0 Å². The molecule has 1 atom stereocenters.